The van der Waals surface area contributed by atoms with Gasteiger partial charge in [0.2, 0.25) is 5.91 Å². The van der Waals surface area contributed by atoms with E-state index in [2.05, 4.69) is 5.32 Å². The van der Waals surface area contributed by atoms with Gasteiger partial charge in [-0.25, -0.2) is 0 Å². The Morgan fingerprint density at radius 2 is 1.95 bits per heavy atom. The number of primary amides is 1. The van der Waals surface area contributed by atoms with E-state index in [0.717, 1.165) is 12.1 Å². The molecule has 0 unspecified atom stereocenters. The van der Waals surface area contributed by atoms with Crippen LogP contribution in [-0.2, 0) is 6.54 Å². The second-order valence-corrected chi connectivity index (χ2v) is 4.69. The largest absolute Gasteiger partial charge is 0.456 e. The highest BCUT2D eigenvalue weighted by Gasteiger charge is 2.07. The number of ether oxygens (including phenoxy) is 1. The molecule has 2 aromatic rings. The van der Waals surface area contributed by atoms with E-state index < -0.39 is 5.91 Å². The molecule has 0 aliphatic rings. The maximum atomic E-state index is 11.0. The van der Waals surface area contributed by atoms with E-state index in [9.17, 15) is 4.79 Å². The topological polar surface area (TPSA) is 64.3 Å². The molecule has 2 rings (SSSR count). The normalized spacial score (nSPS) is 10.3. The molecule has 0 aromatic heterocycles. The standard InChI is InChI=1S/C15H15ClN2O2/c1-18-9-10-2-5-12(6-3-10)20-14-7-4-11(15(17)19)8-13(14)16/h2-8,18H,9H2,1H3,(H2,17,19). The molecular formula is C15H15ClN2O2. The smallest absolute Gasteiger partial charge is 0.248 e. The first-order chi connectivity index (χ1) is 9.60. The zero-order valence-corrected chi connectivity index (χ0v) is 11.8. The summed E-state index contributed by atoms with van der Waals surface area (Å²) >= 11 is 6.06. The van der Waals surface area contributed by atoms with Gasteiger partial charge in [0, 0.05) is 12.1 Å². The zero-order chi connectivity index (χ0) is 14.5. The van der Waals surface area contributed by atoms with Crippen LogP contribution >= 0.6 is 11.6 Å². The average Bonchev–Trinajstić information content (AvgIpc) is 2.43. The summed E-state index contributed by atoms with van der Waals surface area (Å²) in [5.74, 6) is 0.645. The Hall–Kier alpha value is -2.04. The van der Waals surface area contributed by atoms with Crippen LogP contribution in [0.2, 0.25) is 5.02 Å². The molecule has 0 fully saturated rings. The summed E-state index contributed by atoms with van der Waals surface area (Å²) in [6.07, 6.45) is 0. The van der Waals surface area contributed by atoms with Crippen LogP contribution < -0.4 is 15.8 Å². The van der Waals surface area contributed by atoms with Crippen LogP contribution in [0.4, 0.5) is 0 Å². The van der Waals surface area contributed by atoms with Gasteiger partial charge in [-0.1, -0.05) is 23.7 Å². The van der Waals surface area contributed by atoms with Crippen molar-refractivity contribution in [3.63, 3.8) is 0 Å². The predicted octanol–water partition coefficient (Wildman–Crippen LogP) is 2.95. The Balaban J connectivity index is 2.15. The van der Waals surface area contributed by atoms with E-state index in [1.165, 1.54) is 6.07 Å². The number of halogens is 1. The molecule has 3 N–H and O–H groups in total. The lowest BCUT2D eigenvalue weighted by Gasteiger charge is -2.09. The molecule has 5 heteroatoms. The number of hydrogen-bond acceptors (Lipinski definition) is 3. The van der Waals surface area contributed by atoms with Crippen molar-refractivity contribution in [1.29, 1.82) is 0 Å². The van der Waals surface area contributed by atoms with E-state index in [4.69, 9.17) is 22.1 Å². The molecule has 1 amide bonds. The summed E-state index contributed by atoms with van der Waals surface area (Å²) in [6.45, 7) is 0.800. The lowest BCUT2D eigenvalue weighted by Crippen LogP contribution is -2.10. The minimum Gasteiger partial charge on any atom is -0.456 e. The number of hydrogen-bond donors (Lipinski definition) is 2. The molecule has 0 radical (unpaired) electrons. The summed E-state index contributed by atoms with van der Waals surface area (Å²) in [4.78, 5) is 11.0. The van der Waals surface area contributed by atoms with Gasteiger partial charge in [-0.2, -0.15) is 0 Å². The number of nitrogens with one attached hydrogen (secondary N) is 1. The van der Waals surface area contributed by atoms with Gasteiger partial charge in [-0.05, 0) is 42.9 Å². The highest BCUT2D eigenvalue weighted by atomic mass is 35.5. The van der Waals surface area contributed by atoms with Crippen molar-refractivity contribution >= 4 is 17.5 Å². The van der Waals surface area contributed by atoms with Crippen molar-refractivity contribution in [2.45, 2.75) is 6.54 Å². The van der Waals surface area contributed by atoms with Crippen LogP contribution in [0.15, 0.2) is 42.5 Å². The van der Waals surface area contributed by atoms with E-state index >= 15 is 0 Å². The molecule has 0 aliphatic heterocycles. The first-order valence-corrected chi connectivity index (χ1v) is 6.48. The number of benzene rings is 2. The maximum Gasteiger partial charge on any atom is 0.248 e. The van der Waals surface area contributed by atoms with Gasteiger partial charge < -0.3 is 15.8 Å². The van der Waals surface area contributed by atoms with Gasteiger partial charge in [0.1, 0.15) is 11.5 Å². The van der Waals surface area contributed by atoms with Gasteiger partial charge in [0.05, 0.1) is 5.02 Å². The third-order valence-corrected chi connectivity index (χ3v) is 3.04. The molecule has 2 aromatic carbocycles. The molecule has 0 spiro atoms. The predicted molar refractivity (Wildman–Crippen MR) is 79.2 cm³/mol. The number of rotatable bonds is 5. The number of nitrogens with two attached hydrogens (primary N) is 1. The van der Waals surface area contributed by atoms with Crippen LogP contribution in [0.3, 0.4) is 0 Å². The van der Waals surface area contributed by atoms with Gasteiger partial charge in [0.25, 0.3) is 0 Å². The van der Waals surface area contributed by atoms with Crippen molar-refractivity contribution in [3.05, 3.63) is 58.6 Å². The first-order valence-electron chi connectivity index (χ1n) is 6.11. The lowest BCUT2D eigenvalue weighted by molar-refractivity contribution is 0.100. The summed E-state index contributed by atoms with van der Waals surface area (Å²) in [7, 11) is 1.89. The van der Waals surface area contributed by atoms with Crippen molar-refractivity contribution in [2.75, 3.05) is 7.05 Å². The monoisotopic (exact) mass is 290 g/mol. The van der Waals surface area contributed by atoms with Gasteiger partial charge >= 0.3 is 0 Å². The van der Waals surface area contributed by atoms with E-state index in [-0.39, 0.29) is 0 Å². The molecule has 104 valence electrons. The van der Waals surface area contributed by atoms with Gasteiger partial charge in [-0.3, -0.25) is 4.79 Å². The first kappa shape index (κ1) is 14.4. The highest BCUT2D eigenvalue weighted by Crippen LogP contribution is 2.30. The average molecular weight is 291 g/mol. The van der Waals surface area contributed by atoms with Crippen LogP contribution in [0.5, 0.6) is 11.5 Å². The van der Waals surface area contributed by atoms with Crippen molar-refractivity contribution in [1.82, 2.24) is 5.32 Å². The molecule has 4 nitrogen and oxygen atoms in total. The van der Waals surface area contributed by atoms with Crippen LogP contribution in [0.1, 0.15) is 15.9 Å². The second-order valence-electron chi connectivity index (χ2n) is 4.29. The molecule has 0 saturated carbocycles. The zero-order valence-electron chi connectivity index (χ0n) is 11.0. The third kappa shape index (κ3) is 3.50. The Morgan fingerprint density at radius 1 is 1.25 bits per heavy atom. The van der Waals surface area contributed by atoms with E-state index in [0.29, 0.717) is 22.1 Å². The van der Waals surface area contributed by atoms with Crippen LogP contribution in [0, 0.1) is 0 Å². The molecule has 0 aliphatic carbocycles. The summed E-state index contributed by atoms with van der Waals surface area (Å²) in [5, 5.41) is 3.42. The van der Waals surface area contributed by atoms with E-state index in [1.807, 2.05) is 31.3 Å². The number of carbonyl (C=O) groups is 1. The molecule has 0 heterocycles. The minimum atomic E-state index is -0.519. The Kier molecular flexibility index (Phi) is 4.61. The molecule has 0 atom stereocenters. The fraction of sp³-hybridized carbons (Fsp3) is 0.133. The highest BCUT2D eigenvalue weighted by molar-refractivity contribution is 6.32. The fourth-order valence-electron chi connectivity index (χ4n) is 1.74. The van der Waals surface area contributed by atoms with Crippen molar-refractivity contribution in [3.8, 4) is 11.5 Å². The molecular weight excluding hydrogens is 276 g/mol. The van der Waals surface area contributed by atoms with E-state index in [1.54, 1.807) is 12.1 Å². The van der Waals surface area contributed by atoms with Crippen LogP contribution in [-0.4, -0.2) is 13.0 Å². The molecule has 0 bridgehead atoms. The summed E-state index contributed by atoms with van der Waals surface area (Å²) < 4.78 is 5.67. The quantitative estimate of drug-likeness (QED) is 0.890. The van der Waals surface area contributed by atoms with Gasteiger partial charge in [-0.15, -0.1) is 0 Å². The number of amides is 1. The minimum absolute atomic E-state index is 0.348. The molecule has 0 saturated heterocycles. The maximum absolute atomic E-state index is 11.0. The summed E-state index contributed by atoms with van der Waals surface area (Å²) in [5.41, 5.74) is 6.70. The van der Waals surface area contributed by atoms with Gasteiger partial charge in [0.15, 0.2) is 0 Å². The molecule has 20 heavy (non-hydrogen) atoms. The van der Waals surface area contributed by atoms with Crippen molar-refractivity contribution < 1.29 is 9.53 Å². The lowest BCUT2D eigenvalue weighted by atomic mass is 10.2. The Labute approximate surface area is 122 Å². The van der Waals surface area contributed by atoms with Crippen molar-refractivity contribution in [2.24, 2.45) is 5.73 Å². The SMILES string of the molecule is CNCc1ccc(Oc2ccc(C(N)=O)cc2Cl)cc1. The fourth-order valence-corrected chi connectivity index (χ4v) is 1.96. The summed E-state index contributed by atoms with van der Waals surface area (Å²) in [6, 6.07) is 12.4. The van der Waals surface area contributed by atoms with Crippen LogP contribution in [0.25, 0.3) is 0 Å². The Morgan fingerprint density at radius 3 is 2.50 bits per heavy atom. The second kappa shape index (κ2) is 6.41. The Bertz CT molecular complexity index is 612. The number of carbonyl (C=O) groups excluding carboxylic acids is 1. The third-order valence-electron chi connectivity index (χ3n) is 2.75.